The van der Waals surface area contributed by atoms with Crippen molar-refractivity contribution < 1.29 is 14.4 Å². The number of rotatable bonds is 4. The zero-order chi connectivity index (χ0) is 22.0. The summed E-state index contributed by atoms with van der Waals surface area (Å²) in [4.78, 5) is 45.9. The molecule has 0 saturated carbocycles. The molecule has 7 nitrogen and oxygen atoms in total. The Morgan fingerprint density at radius 1 is 0.935 bits per heavy atom. The van der Waals surface area contributed by atoms with Crippen molar-refractivity contribution in [1.82, 2.24) is 14.7 Å². The van der Waals surface area contributed by atoms with Gasteiger partial charge in [0, 0.05) is 38.4 Å². The summed E-state index contributed by atoms with van der Waals surface area (Å²) in [5.41, 5.74) is 0.884. The molecule has 0 atom stereocenters. The fourth-order valence-electron chi connectivity index (χ4n) is 4.47. The summed E-state index contributed by atoms with van der Waals surface area (Å²) < 4.78 is 0. The van der Waals surface area contributed by atoms with Gasteiger partial charge in [0.1, 0.15) is 12.1 Å². The van der Waals surface area contributed by atoms with Crippen molar-refractivity contribution in [1.29, 1.82) is 0 Å². The van der Waals surface area contributed by atoms with Gasteiger partial charge in [-0.25, -0.2) is 0 Å². The second kappa shape index (κ2) is 8.41. The largest absolute Gasteiger partial charge is 0.347 e. The molecule has 2 heterocycles. The summed E-state index contributed by atoms with van der Waals surface area (Å²) in [6, 6.07) is 19.1. The van der Waals surface area contributed by atoms with Gasteiger partial charge < -0.3 is 19.6 Å². The van der Waals surface area contributed by atoms with Gasteiger partial charge in [0.15, 0.2) is 0 Å². The molecule has 2 aromatic carbocycles. The number of piperidine rings is 1. The predicted octanol–water partition coefficient (Wildman–Crippen LogP) is 2.06. The number of para-hydroxylation sites is 1. The molecule has 2 aliphatic heterocycles. The van der Waals surface area contributed by atoms with Crippen LogP contribution < -0.4 is 4.90 Å². The van der Waals surface area contributed by atoms with E-state index in [0.717, 1.165) is 5.69 Å². The van der Waals surface area contributed by atoms with Gasteiger partial charge in [-0.3, -0.25) is 14.4 Å². The van der Waals surface area contributed by atoms with E-state index in [9.17, 15) is 14.4 Å². The summed E-state index contributed by atoms with van der Waals surface area (Å²) in [5.74, 6) is -0.139. The van der Waals surface area contributed by atoms with Crippen LogP contribution in [0, 0.1) is 0 Å². The van der Waals surface area contributed by atoms with Crippen LogP contribution in [0.4, 0.5) is 5.69 Å². The van der Waals surface area contributed by atoms with E-state index in [1.165, 1.54) is 4.90 Å². The third-order valence-corrected chi connectivity index (χ3v) is 6.31. The zero-order valence-corrected chi connectivity index (χ0v) is 18.0. The first-order valence-corrected chi connectivity index (χ1v) is 10.6. The summed E-state index contributed by atoms with van der Waals surface area (Å²) in [6.07, 6.45) is 1.07. The molecule has 2 aliphatic rings. The van der Waals surface area contributed by atoms with Crippen molar-refractivity contribution in [3.63, 3.8) is 0 Å². The van der Waals surface area contributed by atoms with Gasteiger partial charge in [-0.05, 0) is 37.1 Å². The zero-order valence-electron chi connectivity index (χ0n) is 18.0. The molecule has 1 spiro atoms. The highest BCUT2D eigenvalue weighted by molar-refractivity contribution is 5.97. The van der Waals surface area contributed by atoms with E-state index < -0.39 is 5.54 Å². The lowest BCUT2D eigenvalue weighted by molar-refractivity contribution is -0.139. The molecule has 0 aromatic heterocycles. The number of likely N-dealkylation sites (tertiary alicyclic amines) is 1. The summed E-state index contributed by atoms with van der Waals surface area (Å²) in [5, 5.41) is 0. The Hall–Kier alpha value is -3.35. The van der Waals surface area contributed by atoms with Crippen LogP contribution in [-0.2, 0) is 9.59 Å². The lowest BCUT2D eigenvalue weighted by Crippen LogP contribution is -2.57. The second-order valence-corrected chi connectivity index (χ2v) is 8.39. The van der Waals surface area contributed by atoms with E-state index in [-0.39, 0.29) is 24.3 Å². The highest BCUT2D eigenvalue weighted by Gasteiger charge is 2.54. The predicted molar refractivity (Wildman–Crippen MR) is 119 cm³/mol. The molecule has 3 amide bonds. The third-order valence-electron chi connectivity index (χ3n) is 6.31. The smallest absolute Gasteiger partial charge is 0.253 e. The third kappa shape index (κ3) is 3.87. The van der Waals surface area contributed by atoms with Crippen molar-refractivity contribution in [2.24, 2.45) is 0 Å². The molecule has 0 aliphatic carbocycles. The number of hydrogen-bond acceptors (Lipinski definition) is 4. The van der Waals surface area contributed by atoms with Crippen LogP contribution in [0.25, 0.3) is 0 Å². The number of likely N-dealkylation sites (N-methyl/N-ethyl adjacent to an activating group) is 1. The molecular formula is C24H28N4O3. The van der Waals surface area contributed by atoms with Gasteiger partial charge in [0.25, 0.3) is 11.8 Å². The molecular weight excluding hydrogens is 392 g/mol. The van der Waals surface area contributed by atoms with Crippen LogP contribution in [0.1, 0.15) is 23.2 Å². The molecule has 7 heteroatoms. The Morgan fingerprint density at radius 2 is 1.52 bits per heavy atom. The van der Waals surface area contributed by atoms with Crippen LogP contribution >= 0.6 is 0 Å². The van der Waals surface area contributed by atoms with Crippen LogP contribution in [0.15, 0.2) is 60.7 Å². The molecule has 0 unspecified atom stereocenters. The van der Waals surface area contributed by atoms with Crippen molar-refractivity contribution in [3.05, 3.63) is 66.2 Å². The first-order chi connectivity index (χ1) is 14.9. The maximum Gasteiger partial charge on any atom is 0.253 e. The topological polar surface area (TPSA) is 64.2 Å². The number of benzene rings is 2. The quantitative estimate of drug-likeness (QED) is 0.760. The van der Waals surface area contributed by atoms with Crippen LogP contribution in [0.3, 0.4) is 0 Å². The van der Waals surface area contributed by atoms with E-state index in [1.807, 2.05) is 65.6 Å². The molecule has 162 valence electrons. The fraction of sp³-hybridized carbons (Fsp3) is 0.375. The SMILES string of the molecule is CN(C)C(=O)CN1CN(c2ccccc2)C2(CCN(C(=O)c3ccccc3)CC2)C1=O. The Bertz CT molecular complexity index is 953. The van der Waals surface area contributed by atoms with Crippen LogP contribution in [0.2, 0.25) is 0 Å². The normalized spacial score (nSPS) is 17.9. The first-order valence-electron chi connectivity index (χ1n) is 10.6. The van der Waals surface area contributed by atoms with Gasteiger partial charge >= 0.3 is 0 Å². The molecule has 0 N–H and O–H groups in total. The molecule has 0 bridgehead atoms. The van der Waals surface area contributed by atoms with Gasteiger partial charge in [-0.2, -0.15) is 0 Å². The number of carbonyl (C=O) groups is 3. The molecule has 0 radical (unpaired) electrons. The van der Waals surface area contributed by atoms with Crippen LogP contribution in [-0.4, -0.2) is 78.4 Å². The monoisotopic (exact) mass is 420 g/mol. The van der Waals surface area contributed by atoms with Crippen molar-refractivity contribution in [3.8, 4) is 0 Å². The molecule has 2 fully saturated rings. The van der Waals surface area contributed by atoms with E-state index in [4.69, 9.17) is 0 Å². The van der Waals surface area contributed by atoms with Crippen molar-refractivity contribution >= 4 is 23.4 Å². The minimum Gasteiger partial charge on any atom is -0.347 e. The minimum absolute atomic E-state index is 0.00759. The molecule has 2 saturated heterocycles. The molecule has 4 rings (SSSR count). The summed E-state index contributed by atoms with van der Waals surface area (Å²) >= 11 is 0. The Labute approximate surface area is 182 Å². The van der Waals surface area contributed by atoms with Crippen LogP contribution in [0.5, 0.6) is 0 Å². The van der Waals surface area contributed by atoms with Crippen molar-refractivity contribution in [2.75, 3.05) is 45.3 Å². The first kappa shape index (κ1) is 20.9. The lowest BCUT2D eigenvalue weighted by atomic mass is 9.85. The average Bonchev–Trinajstić information content (AvgIpc) is 3.06. The summed E-state index contributed by atoms with van der Waals surface area (Å²) in [7, 11) is 3.39. The number of hydrogen-bond donors (Lipinski definition) is 0. The van der Waals surface area contributed by atoms with Gasteiger partial charge in [-0.1, -0.05) is 36.4 Å². The summed E-state index contributed by atoms with van der Waals surface area (Å²) in [6.45, 7) is 1.43. The fourth-order valence-corrected chi connectivity index (χ4v) is 4.47. The minimum atomic E-state index is -0.735. The Kier molecular flexibility index (Phi) is 5.67. The van der Waals surface area contributed by atoms with E-state index in [0.29, 0.717) is 38.2 Å². The molecule has 2 aromatic rings. The van der Waals surface area contributed by atoms with Gasteiger partial charge in [0.05, 0.1) is 6.67 Å². The number of amides is 3. The van der Waals surface area contributed by atoms with E-state index in [2.05, 4.69) is 4.90 Å². The van der Waals surface area contributed by atoms with Gasteiger partial charge in [0.2, 0.25) is 5.91 Å². The maximum atomic E-state index is 13.6. The average molecular weight is 421 g/mol. The second-order valence-electron chi connectivity index (χ2n) is 8.39. The number of anilines is 1. The lowest BCUT2D eigenvalue weighted by Gasteiger charge is -2.43. The highest BCUT2D eigenvalue weighted by Crippen LogP contribution is 2.39. The Morgan fingerprint density at radius 3 is 2.10 bits per heavy atom. The van der Waals surface area contributed by atoms with E-state index >= 15 is 0 Å². The number of nitrogens with zero attached hydrogens (tertiary/aromatic N) is 4. The molecule has 31 heavy (non-hydrogen) atoms. The Balaban J connectivity index is 1.57. The maximum absolute atomic E-state index is 13.6. The highest BCUT2D eigenvalue weighted by atomic mass is 16.2. The number of carbonyl (C=O) groups excluding carboxylic acids is 3. The van der Waals surface area contributed by atoms with Gasteiger partial charge in [-0.15, -0.1) is 0 Å². The van der Waals surface area contributed by atoms with Crippen molar-refractivity contribution in [2.45, 2.75) is 18.4 Å². The van der Waals surface area contributed by atoms with E-state index in [1.54, 1.807) is 19.0 Å². The standard InChI is InChI=1S/C24H28N4O3/c1-25(2)21(29)17-27-18-28(20-11-7-4-8-12-20)24(23(27)31)13-15-26(16-14-24)22(30)19-9-5-3-6-10-19/h3-12H,13-18H2,1-2H3.